The average molecular weight is 339 g/mol. The lowest BCUT2D eigenvalue weighted by Crippen LogP contribution is -2.30. The number of carbonyl (C=O) groups excluding carboxylic acids is 2. The molecule has 23 heavy (non-hydrogen) atoms. The van der Waals surface area contributed by atoms with Gasteiger partial charge in [0.2, 0.25) is 0 Å². The summed E-state index contributed by atoms with van der Waals surface area (Å²) in [5.41, 5.74) is 2.38. The maximum Gasteiger partial charge on any atom is 0.321 e. The molecule has 0 aromatic heterocycles. The molecule has 0 fully saturated rings. The van der Waals surface area contributed by atoms with Crippen molar-refractivity contribution in [2.75, 3.05) is 39.0 Å². The topological polar surface area (TPSA) is 73.5 Å². The summed E-state index contributed by atoms with van der Waals surface area (Å²) in [5, 5.41) is 8.88. The Morgan fingerprint density at radius 1 is 1.30 bits per heavy atom. The van der Waals surface area contributed by atoms with Crippen molar-refractivity contribution >= 4 is 30.0 Å². The number of amides is 3. The fraction of sp³-hybridized carbons (Fsp3) is 0.375. The molecule has 3 amide bonds. The average Bonchev–Trinajstić information content (AvgIpc) is 2.53. The number of hydrogen-bond acceptors (Lipinski definition) is 3. The molecule has 1 aromatic rings. The Kier molecular flexibility index (Phi) is 7.57. The van der Waals surface area contributed by atoms with Gasteiger partial charge in [0.1, 0.15) is 0 Å². The Labute approximate surface area is 142 Å². The first-order valence-corrected chi connectivity index (χ1v) is 7.31. The second kappa shape index (κ2) is 9.17. The number of urea groups is 1. The first-order valence-electron chi connectivity index (χ1n) is 7.31. The molecule has 6 nitrogen and oxygen atoms in total. The van der Waals surface area contributed by atoms with Crippen LogP contribution in [0, 0.1) is 0 Å². The summed E-state index contributed by atoms with van der Waals surface area (Å²) < 4.78 is 0. The molecule has 0 spiro atoms. The molecule has 3 N–H and O–H groups in total. The van der Waals surface area contributed by atoms with Crippen molar-refractivity contribution in [2.24, 2.45) is 0 Å². The van der Waals surface area contributed by atoms with E-state index in [-0.39, 0.29) is 24.3 Å². The van der Waals surface area contributed by atoms with Gasteiger partial charge >= 0.3 is 6.03 Å². The van der Waals surface area contributed by atoms with Gasteiger partial charge in [-0.25, -0.2) is 4.79 Å². The number of carbonyl (C=O) groups is 2. The van der Waals surface area contributed by atoms with Crippen LogP contribution >= 0.6 is 12.4 Å². The standard InChI is InChI=1S/C16H22N4O2.ClH/c1-20(2)16(22)19-14-5-3-4-13(10-14)15(21)18-11-12-6-8-17-9-7-12;/h3-6,10,17H,7-9,11H2,1-2H3,(H,18,21)(H,19,22);1H. The molecule has 1 aliphatic heterocycles. The number of hydrogen-bond donors (Lipinski definition) is 3. The van der Waals surface area contributed by atoms with Crippen LogP contribution in [-0.4, -0.2) is 50.6 Å². The molecule has 1 aliphatic rings. The number of anilines is 1. The van der Waals surface area contributed by atoms with Gasteiger partial charge in [0, 0.05) is 38.4 Å². The van der Waals surface area contributed by atoms with E-state index in [4.69, 9.17) is 0 Å². The zero-order chi connectivity index (χ0) is 15.9. The highest BCUT2D eigenvalue weighted by molar-refractivity contribution is 5.96. The SMILES string of the molecule is CN(C)C(=O)Nc1cccc(C(=O)NCC2=CCNCC2)c1.Cl. The van der Waals surface area contributed by atoms with Gasteiger partial charge in [-0.1, -0.05) is 17.7 Å². The Bertz CT molecular complexity index is 587. The Morgan fingerprint density at radius 3 is 2.74 bits per heavy atom. The quantitative estimate of drug-likeness (QED) is 0.734. The Hall–Kier alpha value is -2.05. The van der Waals surface area contributed by atoms with Gasteiger partial charge in [-0.3, -0.25) is 4.79 Å². The molecule has 0 atom stereocenters. The normalized spacial score (nSPS) is 13.4. The zero-order valence-electron chi connectivity index (χ0n) is 13.4. The molecular formula is C16H23ClN4O2. The van der Waals surface area contributed by atoms with E-state index < -0.39 is 0 Å². The van der Waals surface area contributed by atoms with Crippen molar-refractivity contribution in [3.8, 4) is 0 Å². The maximum absolute atomic E-state index is 12.2. The fourth-order valence-corrected chi connectivity index (χ4v) is 2.10. The van der Waals surface area contributed by atoms with E-state index in [2.05, 4.69) is 22.0 Å². The van der Waals surface area contributed by atoms with Gasteiger partial charge in [-0.15, -0.1) is 12.4 Å². The highest BCUT2D eigenvalue weighted by Gasteiger charge is 2.10. The lowest BCUT2D eigenvalue weighted by Gasteiger charge is -2.15. The highest BCUT2D eigenvalue weighted by Crippen LogP contribution is 2.11. The molecule has 0 radical (unpaired) electrons. The van der Waals surface area contributed by atoms with E-state index in [0.717, 1.165) is 19.5 Å². The number of nitrogens with one attached hydrogen (secondary N) is 3. The molecule has 0 unspecified atom stereocenters. The van der Waals surface area contributed by atoms with Crippen LogP contribution in [0.1, 0.15) is 16.8 Å². The van der Waals surface area contributed by atoms with Crippen molar-refractivity contribution in [3.63, 3.8) is 0 Å². The van der Waals surface area contributed by atoms with Gasteiger partial charge in [-0.05, 0) is 31.2 Å². The summed E-state index contributed by atoms with van der Waals surface area (Å²) in [6, 6.07) is 6.69. The van der Waals surface area contributed by atoms with E-state index in [0.29, 0.717) is 17.8 Å². The van der Waals surface area contributed by atoms with E-state index in [1.165, 1.54) is 10.5 Å². The molecule has 1 aromatic carbocycles. The largest absolute Gasteiger partial charge is 0.348 e. The summed E-state index contributed by atoms with van der Waals surface area (Å²) in [5.74, 6) is -0.139. The van der Waals surface area contributed by atoms with Crippen LogP contribution in [0.15, 0.2) is 35.9 Å². The van der Waals surface area contributed by atoms with Crippen LogP contribution in [0.5, 0.6) is 0 Å². The lowest BCUT2D eigenvalue weighted by molar-refractivity contribution is 0.0956. The lowest BCUT2D eigenvalue weighted by atomic mass is 10.1. The summed E-state index contributed by atoms with van der Waals surface area (Å²) in [6.45, 7) is 2.37. The molecule has 0 saturated heterocycles. The van der Waals surface area contributed by atoms with E-state index >= 15 is 0 Å². The molecule has 1 heterocycles. The number of nitrogens with zero attached hydrogens (tertiary/aromatic N) is 1. The zero-order valence-corrected chi connectivity index (χ0v) is 14.2. The maximum atomic E-state index is 12.2. The van der Waals surface area contributed by atoms with Crippen molar-refractivity contribution in [1.82, 2.24) is 15.5 Å². The third-order valence-electron chi connectivity index (χ3n) is 3.42. The van der Waals surface area contributed by atoms with Gasteiger partial charge in [0.25, 0.3) is 5.91 Å². The minimum Gasteiger partial charge on any atom is -0.348 e. The van der Waals surface area contributed by atoms with Crippen LogP contribution in [0.25, 0.3) is 0 Å². The molecule has 0 saturated carbocycles. The van der Waals surface area contributed by atoms with Gasteiger partial charge < -0.3 is 20.9 Å². The molecule has 2 rings (SSSR count). The second-order valence-electron chi connectivity index (χ2n) is 5.40. The van der Waals surface area contributed by atoms with Crippen molar-refractivity contribution < 1.29 is 9.59 Å². The summed E-state index contributed by atoms with van der Waals surface area (Å²) in [6.07, 6.45) is 3.07. The van der Waals surface area contributed by atoms with Crippen molar-refractivity contribution in [2.45, 2.75) is 6.42 Å². The third-order valence-corrected chi connectivity index (χ3v) is 3.42. The summed E-state index contributed by atoms with van der Waals surface area (Å²) in [7, 11) is 3.33. The van der Waals surface area contributed by atoms with Gasteiger partial charge in [0.15, 0.2) is 0 Å². The van der Waals surface area contributed by atoms with E-state index in [1.807, 2.05) is 0 Å². The predicted molar refractivity (Wildman–Crippen MR) is 94.3 cm³/mol. The third kappa shape index (κ3) is 5.92. The summed E-state index contributed by atoms with van der Waals surface area (Å²) >= 11 is 0. The molecule has 0 aliphatic carbocycles. The second-order valence-corrected chi connectivity index (χ2v) is 5.40. The first kappa shape index (κ1) is 19.0. The van der Waals surface area contributed by atoms with Crippen LogP contribution < -0.4 is 16.0 Å². The first-order chi connectivity index (χ1) is 10.6. The number of rotatable bonds is 4. The highest BCUT2D eigenvalue weighted by atomic mass is 35.5. The van der Waals surface area contributed by atoms with Gasteiger partial charge in [-0.2, -0.15) is 0 Å². The fourth-order valence-electron chi connectivity index (χ4n) is 2.10. The molecule has 0 bridgehead atoms. The molecule has 126 valence electrons. The van der Waals surface area contributed by atoms with Crippen LogP contribution in [-0.2, 0) is 0 Å². The monoisotopic (exact) mass is 338 g/mol. The number of halogens is 1. The smallest absolute Gasteiger partial charge is 0.321 e. The summed E-state index contributed by atoms with van der Waals surface area (Å²) in [4.78, 5) is 25.2. The molecule has 7 heteroatoms. The Morgan fingerprint density at radius 2 is 2.09 bits per heavy atom. The van der Waals surface area contributed by atoms with Gasteiger partial charge in [0.05, 0.1) is 0 Å². The predicted octanol–water partition coefficient (Wildman–Crippen LogP) is 1.85. The minimum atomic E-state index is -0.225. The van der Waals surface area contributed by atoms with Crippen LogP contribution in [0.3, 0.4) is 0 Å². The van der Waals surface area contributed by atoms with E-state index in [1.54, 1.807) is 38.4 Å². The molecular weight excluding hydrogens is 316 g/mol. The van der Waals surface area contributed by atoms with E-state index in [9.17, 15) is 9.59 Å². The number of benzene rings is 1. The van der Waals surface area contributed by atoms with Crippen LogP contribution in [0.2, 0.25) is 0 Å². The van der Waals surface area contributed by atoms with Crippen molar-refractivity contribution in [3.05, 3.63) is 41.5 Å². The minimum absolute atomic E-state index is 0. The Balaban J connectivity index is 0.00000264. The van der Waals surface area contributed by atoms with Crippen LogP contribution in [0.4, 0.5) is 10.5 Å². The van der Waals surface area contributed by atoms with Crippen molar-refractivity contribution in [1.29, 1.82) is 0 Å².